The van der Waals surface area contributed by atoms with Crippen molar-refractivity contribution < 1.29 is 12.8 Å². The zero-order valence-electron chi connectivity index (χ0n) is 11.3. The number of nitrogens with one attached hydrogen (secondary N) is 1. The molecule has 0 saturated heterocycles. The lowest BCUT2D eigenvalue weighted by molar-refractivity contribution is 0.481. The van der Waals surface area contributed by atoms with Crippen molar-refractivity contribution in [2.75, 3.05) is 5.33 Å². The first-order valence-electron chi connectivity index (χ1n) is 6.13. The second kappa shape index (κ2) is 6.21. The van der Waals surface area contributed by atoms with E-state index in [1.807, 2.05) is 30.3 Å². The summed E-state index contributed by atoms with van der Waals surface area (Å²) in [5.41, 5.74) is -0.0540. The Morgan fingerprint density at radius 1 is 1.29 bits per heavy atom. The van der Waals surface area contributed by atoms with E-state index in [1.165, 1.54) is 0 Å². The summed E-state index contributed by atoms with van der Waals surface area (Å²) in [6, 6.07) is 10.1. The molecule has 0 bridgehead atoms. The highest BCUT2D eigenvalue weighted by Gasteiger charge is 2.31. The summed E-state index contributed by atoms with van der Waals surface area (Å²) in [5.74, 6) is -0.696. The van der Waals surface area contributed by atoms with E-state index in [1.54, 1.807) is 6.92 Å². The summed E-state index contributed by atoms with van der Waals surface area (Å²) in [7, 11) is -3.88. The van der Waals surface area contributed by atoms with E-state index in [0.717, 1.165) is 24.0 Å². The highest BCUT2D eigenvalue weighted by Crippen LogP contribution is 2.25. The van der Waals surface area contributed by atoms with Crippen LogP contribution < -0.4 is 4.72 Å². The van der Waals surface area contributed by atoms with E-state index in [2.05, 4.69) is 25.6 Å². The smallest absolute Gasteiger partial charge is 0.243 e. The highest BCUT2D eigenvalue weighted by molar-refractivity contribution is 9.09. The summed E-state index contributed by atoms with van der Waals surface area (Å²) >= 11 is 3.33. The van der Waals surface area contributed by atoms with Crippen LogP contribution in [0, 0.1) is 5.82 Å². The molecule has 1 heterocycles. The van der Waals surface area contributed by atoms with E-state index in [0.29, 0.717) is 5.33 Å². The maximum atomic E-state index is 13.2. The Labute approximate surface area is 131 Å². The molecule has 1 atom stereocenters. The van der Waals surface area contributed by atoms with Gasteiger partial charge in [-0.3, -0.25) is 4.98 Å². The molecule has 0 aliphatic carbocycles. The van der Waals surface area contributed by atoms with Gasteiger partial charge < -0.3 is 0 Å². The summed E-state index contributed by atoms with van der Waals surface area (Å²) < 4.78 is 40.6. The minimum atomic E-state index is -3.88. The first kappa shape index (κ1) is 16.1. The quantitative estimate of drug-likeness (QED) is 0.820. The van der Waals surface area contributed by atoms with Gasteiger partial charge in [0.25, 0.3) is 0 Å². The van der Waals surface area contributed by atoms with Crippen molar-refractivity contribution in [3.05, 3.63) is 60.2 Å². The Morgan fingerprint density at radius 2 is 1.95 bits per heavy atom. The lowest BCUT2D eigenvalue weighted by Crippen LogP contribution is -2.44. The van der Waals surface area contributed by atoms with Crippen LogP contribution in [0.4, 0.5) is 4.39 Å². The number of benzene rings is 1. The predicted molar refractivity (Wildman–Crippen MR) is 82.1 cm³/mol. The Kier molecular flexibility index (Phi) is 4.75. The average Bonchev–Trinajstić information content (AvgIpc) is 2.47. The Morgan fingerprint density at radius 3 is 2.52 bits per heavy atom. The summed E-state index contributed by atoms with van der Waals surface area (Å²) in [6.07, 6.45) is 2.07. The Bertz CT molecular complexity index is 725. The van der Waals surface area contributed by atoms with E-state index in [-0.39, 0.29) is 4.90 Å². The molecule has 0 radical (unpaired) electrons. The number of rotatable bonds is 5. The fraction of sp³-hybridized carbons (Fsp3) is 0.214. The first-order valence-corrected chi connectivity index (χ1v) is 8.74. The van der Waals surface area contributed by atoms with E-state index in [4.69, 9.17) is 0 Å². The van der Waals surface area contributed by atoms with Crippen LogP contribution >= 0.6 is 15.9 Å². The molecule has 21 heavy (non-hydrogen) atoms. The number of halogens is 2. The topological polar surface area (TPSA) is 59.1 Å². The van der Waals surface area contributed by atoms with Gasteiger partial charge in [-0.2, -0.15) is 4.72 Å². The van der Waals surface area contributed by atoms with Crippen molar-refractivity contribution >= 4 is 26.0 Å². The second-order valence-electron chi connectivity index (χ2n) is 4.78. The van der Waals surface area contributed by atoms with E-state index in [9.17, 15) is 12.8 Å². The number of alkyl halides is 1. The number of hydrogen-bond donors (Lipinski definition) is 1. The minimum absolute atomic E-state index is 0.203. The molecule has 112 valence electrons. The number of pyridine rings is 1. The van der Waals surface area contributed by atoms with E-state index >= 15 is 0 Å². The molecule has 0 aliphatic rings. The third kappa shape index (κ3) is 3.66. The van der Waals surface area contributed by atoms with Crippen LogP contribution in [0.1, 0.15) is 12.5 Å². The molecular weight excluding hydrogens is 359 g/mol. The van der Waals surface area contributed by atoms with Crippen molar-refractivity contribution in [3.63, 3.8) is 0 Å². The maximum Gasteiger partial charge on any atom is 0.243 e. The molecule has 0 aliphatic heterocycles. The monoisotopic (exact) mass is 372 g/mol. The van der Waals surface area contributed by atoms with Gasteiger partial charge in [0.1, 0.15) is 10.7 Å². The normalized spacial score (nSPS) is 14.6. The van der Waals surface area contributed by atoms with Gasteiger partial charge in [-0.15, -0.1) is 0 Å². The zero-order chi connectivity index (χ0) is 15.5. The van der Waals surface area contributed by atoms with Crippen molar-refractivity contribution in [3.8, 4) is 0 Å². The number of hydrogen-bond acceptors (Lipinski definition) is 3. The fourth-order valence-electron chi connectivity index (χ4n) is 1.86. The highest BCUT2D eigenvalue weighted by atomic mass is 79.9. The number of aromatic nitrogens is 1. The Hall–Kier alpha value is -1.31. The Balaban J connectivity index is 2.38. The number of sulfonamides is 1. The van der Waals surface area contributed by atoms with Crippen LogP contribution in [-0.4, -0.2) is 18.7 Å². The molecule has 2 rings (SSSR count). The lowest BCUT2D eigenvalue weighted by atomic mass is 9.96. The molecule has 7 heteroatoms. The van der Waals surface area contributed by atoms with Crippen LogP contribution in [0.3, 0.4) is 0 Å². The standard InChI is InChI=1S/C14H14BrFN2O2S/c1-14(10-15,11-5-3-2-4-6-11)18-21(19,20)13-7-12(16)8-17-9-13/h2-9,18H,10H2,1H3. The van der Waals surface area contributed by atoms with Crippen molar-refractivity contribution in [1.29, 1.82) is 0 Å². The second-order valence-corrected chi connectivity index (χ2v) is 7.02. The largest absolute Gasteiger partial charge is 0.260 e. The molecular formula is C14H14BrFN2O2S. The molecule has 0 spiro atoms. The van der Waals surface area contributed by atoms with Crippen LogP contribution in [0.25, 0.3) is 0 Å². The van der Waals surface area contributed by atoms with Gasteiger partial charge in [-0.25, -0.2) is 12.8 Å². The maximum absolute atomic E-state index is 13.2. The summed E-state index contributed by atoms with van der Waals surface area (Å²) in [4.78, 5) is 3.37. The molecule has 1 N–H and O–H groups in total. The van der Waals surface area contributed by atoms with Crippen LogP contribution in [0.15, 0.2) is 53.7 Å². The zero-order valence-corrected chi connectivity index (χ0v) is 13.7. The van der Waals surface area contributed by atoms with Crippen molar-refractivity contribution in [1.82, 2.24) is 9.71 Å². The third-order valence-corrected chi connectivity index (χ3v) is 5.71. The molecule has 4 nitrogen and oxygen atoms in total. The molecule has 0 amide bonds. The van der Waals surface area contributed by atoms with Crippen molar-refractivity contribution in [2.45, 2.75) is 17.4 Å². The summed E-state index contributed by atoms with van der Waals surface area (Å²) in [6.45, 7) is 1.75. The van der Waals surface area contributed by atoms with Gasteiger partial charge in [0.2, 0.25) is 10.0 Å². The van der Waals surface area contributed by atoms with Gasteiger partial charge in [0, 0.05) is 11.5 Å². The molecule has 2 aromatic rings. The number of nitrogens with zero attached hydrogens (tertiary/aromatic N) is 1. The predicted octanol–water partition coefficient (Wildman–Crippen LogP) is 2.81. The fourth-order valence-corrected chi connectivity index (χ4v) is 3.88. The average molecular weight is 373 g/mol. The van der Waals surface area contributed by atoms with Gasteiger partial charge in [-0.05, 0) is 18.6 Å². The van der Waals surface area contributed by atoms with Gasteiger partial charge >= 0.3 is 0 Å². The van der Waals surface area contributed by atoms with Crippen LogP contribution in [0.5, 0.6) is 0 Å². The van der Waals surface area contributed by atoms with E-state index < -0.39 is 21.4 Å². The lowest BCUT2D eigenvalue weighted by Gasteiger charge is -2.29. The molecule has 0 saturated carbocycles. The SMILES string of the molecule is CC(CBr)(NS(=O)(=O)c1cncc(F)c1)c1ccccc1. The van der Waals surface area contributed by atoms with Gasteiger partial charge in [-0.1, -0.05) is 46.3 Å². The molecule has 1 unspecified atom stereocenters. The summed E-state index contributed by atoms with van der Waals surface area (Å²) in [5, 5.41) is 0.367. The molecule has 0 fully saturated rings. The van der Waals surface area contributed by atoms with Gasteiger partial charge in [0.05, 0.1) is 11.7 Å². The first-order chi connectivity index (χ1) is 9.87. The van der Waals surface area contributed by atoms with Gasteiger partial charge in [0.15, 0.2) is 0 Å². The minimum Gasteiger partial charge on any atom is -0.260 e. The van der Waals surface area contributed by atoms with Crippen molar-refractivity contribution in [2.24, 2.45) is 0 Å². The molecule has 1 aromatic heterocycles. The van der Waals surface area contributed by atoms with Crippen LogP contribution in [0.2, 0.25) is 0 Å². The van der Waals surface area contributed by atoms with Crippen LogP contribution in [-0.2, 0) is 15.6 Å². The molecule has 1 aromatic carbocycles. The third-order valence-electron chi connectivity index (χ3n) is 3.03.